The number of carboxylic acid groups (broad SMARTS) is 1. The number of carbonyl (C=O) groups is 8. The summed E-state index contributed by atoms with van der Waals surface area (Å²) >= 11 is 8.05. The molecule has 0 aromatic carbocycles. The molecule has 0 spiro atoms. The number of thioether (sulfide) groups is 1. The molecule has 8 heterocycles. The van der Waals surface area contributed by atoms with Crippen LogP contribution in [0.4, 0.5) is 0 Å². The minimum absolute atomic E-state index is 0.00962. The van der Waals surface area contributed by atoms with Gasteiger partial charge >= 0.3 is 35.8 Å². The molecule has 7 saturated heterocycles. The topological polar surface area (TPSA) is 212 Å². The molecule has 0 radical (unpaired) electrons. The van der Waals surface area contributed by atoms with Crippen molar-refractivity contribution in [3.8, 4) is 0 Å². The highest BCUT2D eigenvalue weighted by Crippen LogP contribution is 2.51. The highest BCUT2D eigenvalue weighted by atomic mass is 32.2. The molecule has 0 amide bonds. The second kappa shape index (κ2) is 15.8. The molecular weight excluding hydrogens is 697 g/mol. The molecule has 0 aliphatic carbocycles. The fourth-order valence-corrected chi connectivity index (χ4v) is 8.45. The van der Waals surface area contributed by atoms with Crippen LogP contribution < -0.4 is 0 Å². The first-order valence-electron chi connectivity index (χ1n) is 15.0. The molecule has 7 fully saturated rings. The van der Waals surface area contributed by atoms with Crippen LogP contribution in [-0.2, 0) is 66.8 Å². The largest absolute Gasteiger partial charge is 0.481 e. The van der Waals surface area contributed by atoms with Gasteiger partial charge in [-0.25, -0.2) is 0 Å². The Balaban J connectivity index is 0.000000151. The van der Waals surface area contributed by atoms with Gasteiger partial charge in [0.15, 0.2) is 10.2 Å². The van der Waals surface area contributed by atoms with Gasteiger partial charge in [0, 0.05) is 19.1 Å². The van der Waals surface area contributed by atoms with E-state index in [0.29, 0.717) is 6.42 Å². The summed E-state index contributed by atoms with van der Waals surface area (Å²) in [7, 11) is 1.27. The first-order valence-corrected chi connectivity index (χ1v) is 17.2. The average Bonchev–Trinajstić information content (AvgIpc) is 3.88. The monoisotopic (exact) mass is 732 g/mol. The van der Waals surface area contributed by atoms with Gasteiger partial charge in [-0.2, -0.15) is 12.6 Å². The predicted octanol–water partition coefficient (Wildman–Crippen LogP) is 0.807. The molecule has 0 aromatic rings. The molecule has 15 nitrogen and oxygen atoms in total. The van der Waals surface area contributed by atoms with Crippen LogP contribution in [0.3, 0.4) is 0 Å². The molecule has 13 atom stereocenters. The average molecular weight is 733 g/mol. The highest BCUT2D eigenvalue weighted by Gasteiger charge is 2.65. The molecule has 0 saturated carbocycles. The van der Waals surface area contributed by atoms with Crippen LogP contribution >= 0.6 is 37.0 Å². The van der Waals surface area contributed by atoms with E-state index in [1.807, 2.05) is 12.2 Å². The van der Waals surface area contributed by atoms with E-state index >= 15 is 0 Å². The normalized spacial score (nSPS) is 39.2. The number of hydrogen-bond donors (Lipinski definition) is 3. The number of aliphatic carboxylic acids is 1. The number of carboxylic acids is 1. The molecule has 6 bridgehead atoms. The van der Waals surface area contributed by atoms with Gasteiger partial charge in [0.1, 0.15) is 17.8 Å². The minimum Gasteiger partial charge on any atom is -0.481 e. The Morgan fingerprint density at radius 1 is 0.771 bits per heavy atom. The van der Waals surface area contributed by atoms with E-state index in [1.54, 1.807) is 6.26 Å². The maximum Gasteiger partial charge on any atom is 0.320 e. The Morgan fingerprint density at radius 2 is 1.25 bits per heavy atom. The van der Waals surface area contributed by atoms with Crippen molar-refractivity contribution in [2.24, 2.45) is 35.5 Å². The van der Waals surface area contributed by atoms with Crippen LogP contribution in [0.1, 0.15) is 33.1 Å². The first-order chi connectivity index (χ1) is 22.7. The molecule has 13 unspecified atom stereocenters. The van der Waals surface area contributed by atoms with Gasteiger partial charge in [0.2, 0.25) is 0 Å². The van der Waals surface area contributed by atoms with Crippen molar-refractivity contribution in [1.82, 2.24) is 0 Å². The van der Waals surface area contributed by atoms with Crippen LogP contribution in [0.15, 0.2) is 12.2 Å². The number of cyclic esters (lactones) is 4. The van der Waals surface area contributed by atoms with Crippen molar-refractivity contribution in [3.63, 3.8) is 0 Å². The number of esters is 5. The minimum atomic E-state index is -0.965. The smallest absolute Gasteiger partial charge is 0.320 e. The van der Waals surface area contributed by atoms with Gasteiger partial charge in [-0.3, -0.25) is 38.4 Å². The lowest BCUT2D eigenvalue weighted by molar-refractivity contribution is -0.158. The number of fused-ring (bicyclic) bond motifs is 12. The summed E-state index contributed by atoms with van der Waals surface area (Å²) in [6.45, 7) is 2.88. The third kappa shape index (κ3) is 7.52. The lowest BCUT2D eigenvalue weighted by atomic mass is 9.79. The van der Waals surface area contributed by atoms with E-state index in [-0.39, 0.29) is 63.9 Å². The van der Waals surface area contributed by atoms with Crippen LogP contribution in [0.5, 0.6) is 0 Å². The van der Waals surface area contributed by atoms with Gasteiger partial charge in [-0.05, 0) is 25.5 Å². The third-order valence-corrected chi connectivity index (χ3v) is 10.1. The number of hydrogen-bond acceptors (Lipinski definition) is 16. The SMILES string of the molecule is CC(=O)S.CC(=O)SC1CC2OC1C1C(=O)OC(=O)C21.COC(=O)C1C2CCC(O2)C1C(=O)O.CS.O=C1OC(=O)C2C3C=CC(O3)C12. The van der Waals surface area contributed by atoms with E-state index in [9.17, 15) is 38.4 Å². The number of carbonyl (C=O) groups excluding carboxylic acids is 7. The molecule has 8 rings (SSSR count). The molecule has 1 N–H and O–H groups in total. The fourth-order valence-electron chi connectivity index (χ4n) is 7.37. The molecule has 0 aromatic heterocycles. The highest BCUT2D eigenvalue weighted by molar-refractivity contribution is 8.14. The second-order valence-electron chi connectivity index (χ2n) is 11.8. The summed E-state index contributed by atoms with van der Waals surface area (Å²) in [4.78, 5) is 87.7. The van der Waals surface area contributed by atoms with E-state index in [2.05, 4.69) is 39.5 Å². The Morgan fingerprint density at radius 3 is 1.73 bits per heavy atom. The summed E-state index contributed by atoms with van der Waals surface area (Å²) in [5, 5.41) is 8.82. The van der Waals surface area contributed by atoms with Crippen molar-refractivity contribution >= 4 is 83.1 Å². The summed E-state index contributed by atoms with van der Waals surface area (Å²) in [5.74, 6) is -6.23. The van der Waals surface area contributed by atoms with Gasteiger partial charge in [0.05, 0.1) is 61.5 Å². The van der Waals surface area contributed by atoms with Gasteiger partial charge in [-0.1, -0.05) is 23.9 Å². The van der Waals surface area contributed by atoms with Gasteiger partial charge < -0.3 is 33.5 Å². The first kappa shape index (κ1) is 38.0. The van der Waals surface area contributed by atoms with Crippen molar-refractivity contribution in [3.05, 3.63) is 12.2 Å². The van der Waals surface area contributed by atoms with E-state index in [0.717, 1.165) is 12.8 Å². The lowest BCUT2D eigenvalue weighted by Crippen LogP contribution is -2.38. The number of rotatable bonds is 3. The van der Waals surface area contributed by atoms with E-state index < -0.39 is 59.5 Å². The fraction of sp³-hybridized carbons (Fsp3) is 0.667. The zero-order valence-electron chi connectivity index (χ0n) is 26.2. The summed E-state index contributed by atoms with van der Waals surface area (Å²) < 4.78 is 30.1. The quantitative estimate of drug-likeness (QED) is 0.120. The van der Waals surface area contributed by atoms with Crippen LogP contribution in [0.25, 0.3) is 0 Å². The zero-order chi connectivity index (χ0) is 35.6. The van der Waals surface area contributed by atoms with Crippen molar-refractivity contribution in [2.75, 3.05) is 13.4 Å². The van der Waals surface area contributed by atoms with Crippen molar-refractivity contribution < 1.29 is 71.9 Å². The van der Waals surface area contributed by atoms with Crippen LogP contribution in [0, 0.1) is 35.5 Å². The summed E-state index contributed by atoms with van der Waals surface area (Å²) in [6.07, 6.45) is 5.90. The molecule has 8 aliphatic heterocycles. The molecular formula is C30H36O15S3. The van der Waals surface area contributed by atoms with Gasteiger partial charge in [-0.15, -0.1) is 12.6 Å². The third-order valence-electron chi connectivity index (χ3n) is 9.04. The van der Waals surface area contributed by atoms with Crippen LogP contribution in [-0.4, -0.2) is 106 Å². The number of methoxy groups -OCH3 is 1. The lowest BCUT2D eigenvalue weighted by Gasteiger charge is -2.22. The maximum atomic E-state index is 11.5. The number of thiol groups is 2. The van der Waals surface area contributed by atoms with Crippen LogP contribution in [0.2, 0.25) is 0 Å². The summed E-state index contributed by atoms with van der Waals surface area (Å²) in [6, 6.07) is 0. The molecule has 18 heteroatoms. The molecule has 48 heavy (non-hydrogen) atoms. The number of ether oxygens (including phenoxy) is 6. The van der Waals surface area contributed by atoms with E-state index in [4.69, 9.17) is 19.3 Å². The Kier molecular flexibility index (Phi) is 12.6. The van der Waals surface area contributed by atoms with Crippen molar-refractivity contribution in [1.29, 1.82) is 0 Å². The summed E-state index contributed by atoms with van der Waals surface area (Å²) in [5.41, 5.74) is 0. The Bertz CT molecular complexity index is 1350. The Hall–Kier alpha value is -2.77. The molecule has 264 valence electrons. The standard InChI is InChI=1S/C10H10O5S.C9H12O5.C8H6O4.C2H4OS.CH4S/c1-3(11)16-5-2-4-6-7(8(5)14-4)10(13)15-9(6)12;1-13-9(12)7-5-3-2-4(14-5)6(7)8(10)11;9-7-5-3-1-2-4(11-3)6(5)8(10)12-7;1-2(3)4;1-2/h4-8H,2H2,1H3;4-7H,2-3H2,1H3,(H,10,11);1-6H;1H3,(H,3,4);2H,1H3. The maximum absolute atomic E-state index is 11.5. The second-order valence-corrected chi connectivity index (χ2v) is 13.8. The zero-order valence-corrected chi connectivity index (χ0v) is 28.9. The Labute approximate surface area is 290 Å². The predicted molar refractivity (Wildman–Crippen MR) is 168 cm³/mol. The van der Waals surface area contributed by atoms with Crippen molar-refractivity contribution in [2.45, 2.75) is 75.0 Å². The van der Waals surface area contributed by atoms with E-state index in [1.165, 1.54) is 32.7 Å². The molecule has 8 aliphatic rings. The van der Waals surface area contributed by atoms with Gasteiger partial charge in [0.25, 0.3) is 0 Å².